The second-order valence-corrected chi connectivity index (χ2v) is 6.01. The van der Waals surface area contributed by atoms with E-state index in [0.717, 1.165) is 6.04 Å². The predicted octanol–water partition coefficient (Wildman–Crippen LogP) is 2.59. The fourth-order valence-corrected chi connectivity index (χ4v) is 2.52. The Morgan fingerprint density at radius 3 is 2.20 bits per heavy atom. The van der Waals surface area contributed by atoms with Gasteiger partial charge in [-0.05, 0) is 41.0 Å². The first-order valence-electron chi connectivity index (χ1n) is 6.37. The maximum atomic E-state index is 2.66. The van der Waals surface area contributed by atoms with Crippen molar-refractivity contribution in [1.29, 1.82) is 0 Å². The van der Waals surface area contributed by atoms with Crippen molar-refractivity contribution in [3.63, 3.8) is 0 Å². The molecule has 90 valence electrons. The Hall–Kier alpha value is -0.0800. The summed E-state index contributed by atoms with van der Waals surface area (Å²) in [5, 5.41) is 0. The minimum Gasteiger partial charge on any atom is -0.296 e. The summed E-state index contributed by atoms with van der Waals surface area (Å²) in [5.74, 6) is 0. The topological polar surface area (TPSA) is 6.48 Å². The van der Waals surface area contributed by atoms with Crippen LogP contribution in [0.2, 0.25) is 0 Å². The third kappa shape index (κ3) is 3.18. The first-order chi connectivity index (χ1) is 6.86. The first-order valence-corrected chi connectivity index (χ1v) is 6.37. The van der Waals surface area contributed by atoms with Crippen molar-refractivity contribution in [1.82, 2.24) is 9.80 Å². The van der Waals surface area contributed by atoms with Gasteiger partial charge in [-0.3, -0.25) is 9.80 Å². The normalized spacial score (nSPS) is 26.2. The molecular formula is C13H28N2. The molecule has 1 unspecified atom stereocenters. The van der Waals surface area contributed by atoms with E-state index in [2.05, 4.69) is 51.3 Å². The van der Waals surface area contributed by atoms with Crippen LogP contribution in [-0.2, 0) is 0 Å². The lowest BCUT2D eigenvalue weighted by Gasteiger charge is -2.48. The molecular weight excluding hydrogens is 184 g/mol. The zero-order valence-electron chi connectivity index (χ0n) is 11.4. The van der Waals surface area contributed by atoms with E-state index in [1.54, 1.807) is 0 Å². The van der Waals surface area contributed by atoms with Gasteiger partial charge in [0.25, 0.3) is 0 Å². The van der Waals surface area contributed by atoms with Crippen LogP contribution in [0.25, 0.3) is 0 Å². The van der Waals surface area contributed by atoms with Crippen molar-refractivity contribution in [3.05, 3.63) is 0 Å². The summed E-state index contributed by atoms with van der Waals surface area (Å²) in [6.45, 7) is 17.6. The fourth-order valence-electron chi connectivity index (χ4n) is 2.52. The third-order valence-corrected chi connectivity index (χ3v) is 3.61. The Labute approximate surface area is 95.6 Å². The largest absolute Gasteiger partial charge is 0.296 e. The van der Waals surface area contributed by atoms with Crippen LogP contribution >= 0.6 is 0 Å². The maximum absolute atomic E-state index is 2.66. The van der Waals surface area contributed by atoms with Gasteiger partial charge in [-0.1, -0.05) is 6.92 Å². The molecule has 1 aliphatic heterocycles. The average Bonchev–Trinajstić information content (AvgIpc) is 2.15. The third-order valence-electron chi connectivity index (χ3n) is 3.61. The van der Waals surface area contributed by atoms with E-state index in [-0.39, 0.29) is 0 Å². The molecule has 0 bridgehead atoms. The molecule has 0 amide bonds. The lowest BCUT2D eigenvalue weighted by atomic mass is 10.00. The van der Waals surface area contributed by atoms with Crippen LogP contribution in [-0.4, -0.2) is 47.1 Å². The molecule has 0 spiro atoms. The van der Waals surface area contributed by atoms with Crippen LogP contribution in [0.4, 0.5) is 0 Å². The van der Waals surface area contributed by atoms with Crippen LogP contribution in [0, 0.1) is 0 Å². The van der Waals surface area contributed by atoms with Crippen molar-refractivity contribution >= 4 is 0 Å². The molecule has 1 fully saturated rings. The summed E-state index contributed by atoms with van der Waals surface area (Å²) in [6, 6.07) is 1.44. The quantitative estimate of drug-likeness (QED) is 0.694. The van der Waals surface area contributed by atoms with Crippen LogP contribution in [0.3, 0.4) is 0 Å². The Morgan fingerprint density at radius 1 is 1.20 bits per heavy atom. The Kier molecular flexibility index (Phi) is 4.19. The Bertz CT molecular complexity index is 193. The number of piperazine rings is 1. The lowest BCUT2D eigenvalue weighted by molar-refractivity contribution is 0.00570. The van der Waals surface area contributed by atoms with Gasteiger partial charge in [0.1, 0.15) is 0 Å². The molecule has 0 aromatic carbocycles. The van der Waals surface area contributed by atoms with Crippen LogP contribution in [0.1, 0.15) is 48.0 Å². The average molecular weight is 212 g/mol. The van der Waals surface area contributed by atoms with Gasteiger partial charge >= 0.3 is 0 Å². The first kappa shape index (κ1) is 13.0. The predicted molar refractivity (Wildman–Crippen MR) is 67.2 cm³/mol. The fraction of sp³-hybridized carbons (Fsp3) is 1.00. The van der Waals surface area contributed by atoms with Crippen molar-refractivity contribution in [3.8, 4) is 0 Å². The molecule has 0 N–H and O–H groups in total. The summed E-state index contributed by atoms with van der Waals surface area (Å²) in [5.41, 5.74) is 0.330. The molecule has 2 nitrogen and oxygen atoms in total. The minimum atomic E-state index is 0.330. The molecule has 1 heterocycles. The highest BCUT2D eigenvalue weighted by Gasteiger charge is 2.32. The van der Waals surface area contributed by atoms with Gasteiger partial charge in [-0.25, -0.2) is 0 Å². The molecule has 0 saturated carbocycles. The van der Waals surface area contributed by atoms with Gasteiger partial charge in [0.15, 0.2) is 0 Å². The van der Waals surface area contributed by atoms with Crippen molar-refractivity contribution < 1.29 is 0 Å². The molecule has 0 aromatic heterocycles. The SMILES string of the molecule is CCC1CN(C(C)(C)C)CCN1C(C)C. The second-order valence-electron chi connectivity index (χ2n) is 6.01. The number of rotatable bonds is 2. The molecule has 1 atom stereocenters. The molecule has 1 aliphatic rings. The monoisotopic (exact) mass is 212 g/mol. The highest BCUT2D eigenvalue weighted by Crippen LogP contribution is 2.22. The number of hydrogen-bond donors (Lipinski definition) is 0. The summed E-state index contributed by atoms with van der Waals surface area (Å²) in [6.07, 6.45) is 1.27. The van der Waals surface area contributed by atoms with Crippen molar-refractivity contribution in [2.75, 3.05) is 19.6 Å². The van der Waals surface area contributed by atoms with Gasteiger partial charge in [-0.15, -0.1) is 0 Å². The Balaban J connectivity index is 2.63. The standard InChI is InChI=1S/C13H28N2/c1-7-12-10-14(13(4,5)6)8-9-15(12)11(2)3/h11-12H,7-10H2,1-6H3. The van der Waals surface area contributed by atoms with E-state index >= 15 is 0 Å². The second kappa shape index (κ2) is 4.84. The molecule has 1 rings (SSSR count). The van der Waals surface area contributed by atoms with Crippen LogP contribution < -0.4 is 0 Å². The van der Waals surface area contributed by atoms with Gasteiger partial charge in [0.05, 0.1) is 0 Å². The van der Waals surface area contributed by atoms with Gasteiger partial charge in [0, 0.05) is 37.3 Å². The van der Waals surface area contributed by atoms with E-state index in [0.29, 0.717) is 11.6 Å². The smallest absolute Gasteiger partial charge is 0.0224 e. The van der Waals surface area contributed by atoms with E-state index in [1.165, 1.54) is 26.1 Å². The van der Waals surface area contributed by atoms with E-state index < -0.39 is 0 Å². The minimum absolute atomic E-state index is 0.330. The van der Waals surface area contributed by atoms with Crippen LogP contribution in [0.15, 0.2) is 0 Å². The summed E-state index contributed by atoms with van der Waals surface area (Å²) < 4.78 is 0. The summed E-state index contributed by atoms with van der Waals surface area (Å²) in [7, 11) is 0. The maximum Gasteiger partial charge on any atom is 0.0224 e. The van der Waals surface area contributed by atoms with E-state index in [1.807, 2.05) is 0 Å². The summed E-state index contributed by atoms with van der Waals surface area (Å²) >= 11 is 0. The summed E-state index contributed by atoms with van der Waals surface area (Å²) in [4.78, 5) is 5.28. The number of hydrogen-bond acceptors (Lipinski definition) is 2. The molecule has 2 heteroatoms. The zero-order valence-corrected chi connectivity index (χ0v) is 11.4. The number of nitrogens with zero attached hydrogens (tertiary/aromatic N) is 2. The zero-order chi connectivity index (χ0) is 11.6. The highest BCUT2D eigenvalue weighted by molar-refractivity contribution is 4.88. The van der Waals surface area contributed by atoms with Gasteiger partial charge in [-0.2, -0.15) is 0 Å². The molecule has 15 heavy (non-hydrogen) atoms. The van der Waals surface area contributed by atoms with Gasteiger partial charge in [0.2, 0.25) is 0 Å². The van der Waals surface area contributed by atoms with E-state index in [4.69, 9.17) is 0 Å². The molecule has 1 saturated heterocycles. The van der Waals surface area contributed by atoms with E-state index in [9.17, 15) is 0 Å². The molecule has 0 aliphatic carbocycles. The van der Waals surface area contributed by atoms with Crippen molar-refractivity contribution in [2.24, 2.45) is 0 Å². The highest BCUT2D eigenvalue weighted by atomic mass is 15.3. The van der Waals surface area contributed by atoms with Gasteiger partial charge < -0.3 is 0 Å². The molecule has 0 radical (unpaired) electrons. The Morgan fingerprint density at radius 2 is 1.80 bits per heavy atom. The van der Waals surface area contributed by atoms with Crippen molar-refractivity contribution in [2.45, 2.75) is 65.6 Å². The van der Waals surface area contributed by atoms with Crippen LogP contribution in [0.5, 0.6) is 0 Å². The lowest BCUT2D eigenvalue weighted by Crippen LogP contribution is -2.59. The molecule has 0 aromatic rings.